The zero-order valence-corrected chi connectivity index (χ0v) is 15.7. The number of carbonyl (C=O) groups excluding carboxylic acids is 1. The molecular weight excluding hydrogens is 312 g/mol. The van der Waals surface area contributed by atoms with Gasteiger partial charge in [-0.3, -0.25) is 4.79 Å². The van der Waals surface area contributed by atoms with Gasteiger partial charge in [0.1, 0.15) is 5.75 Å². The third-order valence-corrected chi connectivity index (χ3v) is 3.44. The first-order valence-corrected chi connectivity index (χ1v) is 8.01. The molecule has 3 N–H and O–H groups in total. The maximum absolute atomic E-state index is 12.4. The topological polar surface area (TPSA) is 64.3 Å². The van der Waals surface area contributed by atoms with Crippen LogP contribution in [-0.2, 0) is 11.2 Å². The number of hydrogen-bond donors (Lipinski definition) is 2. The average molecular weight is 343 g/mol. The van der Waals surface area contributed by atoms with Gasteiger partial charge in [-0.15, -0.1) is 12.4 Å². The highest BCUT2D eigenvalue weighted by Crippen LogP contribution is 2.21. The minimum absolute atomic E-state index is 0. The van der Waals surface area contributed by atoms with E-state index in [1.165, 1.54) is 0 Å². The summed E-state index contributed by atoms with van der Waals surface area (Å²) in [5, 5.41) is 3.08. The largest absolute Gasteiger partial charge is 0.491 e. The van der Waals surface area contributed by atoms with Crippen molar-refractivity contribution >= 4 is 18.3 Å². The lowest BCUT2D eigenvalue weighted by molar-refractivity contribution is -0.122. The maximum atomic E-state index is 12.4. The SMILES string of the molecule is CC(C)CC(C)(CN)NC(=O)Cc1ccccc1OC(C)C.Cl. The van der Waals surface area contributed by atoms with Crippen molar-refractivity contribution in [1.82, 2.24) is 5.32 Å². The van der Waals surface area contributed by atoms with E-state index in [1.54, 1.807) is 0 Å². The van der Waals surface area contributed by atoms with Gasteiger partial charge in [0.2, 0.25) is 5.91 Å². The van der Waals surface area contributed by atoms with Crippen molar-refractivity contribution in [1.29, 1.82) is 0 Å². The fourth-order valence-corrected chi connectivity index (χ4v) is 2.66. The Kier molecular flexibility index (Phi) is 9.25. The van der Waals surface area contributed by atoms with Crippen LogP contribution in [0.1, 0.15) is 46.6 Å². The lowest BCUT2D eigenvalue weighted by Crippen LogP contribution is -2.52. The predicted octanol–water partition coefficient (Wildman–Crippen LogP) is 3.32. The standard InChI is InChI=1S/C18H30N2O2.ClH/c1-13(2)11-18(5,12-19)20-17(21)10-15-8-6-7-9-16(15)22-14(3)4;/h6-9,13-14H,10-12,19H2,1-5H3,(H,20,21);1H. The molecule has 23 heavy (non-hydrogen) atoms. The second-order valence-corrected chi connectivity index (χ2v) is 6.86. The number of benzene rings is 1. The van der Waals surface area contributed by atoms with Crippen molar-refractivity contribution in [3.63, 3.8) is 0 Å². The highest BCUT2D eigenvalue weighted by Gasteiger charge is 2.26. The van der Waals surface area contributed by atoms with Gasteiger partial charge in [0, 0.05) is 17.6 Å². The van der Waals surface area contributed by atoms with E-state index in [2.05, 4.69) is 19.2 Å². The zero-order chi connectivity index (χ0) is 16.8. The van der Waals surface area contributed by atoms with Crippen LogP contribution in [0.4, 0.5) is 0 Å². The van der Waals surface area contributed by atoms with Gasteiger partial charge in [0.15, 0.2) is 0 Å². The molecular formula is C18H31ClN2O2. The summed E-state index contributed by atoms with van der Waals surface area (Å²) in [6.45, 7) is 10.6. The van der Waals surface area contributed by atoms with Gasteiger partial charge < -0.3 is 15.8 Å². The van der Waals surface area contributed by atoms with E-state index in [1.807, 2.05) is 45.0 Å². The van der Waals surface area contributed by atoms with Crippen molar-refractivity contribution in [2.75, 3.05) is 6.54 Å². The summed E-state index contributed by atoms with van der Waals surface area (Å²) in [6.07, 6.45) is 1.25. The Morgan fingerprint density at radius 3 is 2.39 bits per heavy atom. The van der Waals surface area contributed by atoms with Gasteiger partial charge >= 0.3 is 0 Å². The van der Waals surface area contributed by atoms with Crippen LogP contribution in [0.15, 0.2) is 24.3 Å². The molecule has 0 saturated carbocycles. The first-order valence-electron chi connectivity index (χ1n) is 8.01. The van der Waals surface area contributed by atoms with Crippen molar-refractivity contribution in [3.05, 3.63) is 29.8 Å². The Bertz CT molecular complexity index is 492. The zero-order valence-electron chi connectivity index (χ0n) is 14.9. The van der Waals surface area contributed by atoms with Crippen molar-refractivity contribution in [2.45, 2.75) is 59.1 Å². The summed E-state index contributed by atoms with van der Waals surface area (Å²) < 4.78 is 5.76. The molecule has 0 fully saturated rings. The number of para-hydroxylation sites is 1. The minimum atomic E-state index is -0.362. The van der Waals surface area contributed by atoms with Crippen LogP contribution in [0.25, 0.3) is 0 Å². The molecule has 4 nitrogen and oxygen atoms in total. The minimum Gasteiger partial charge on any atom is -0.491 e. The van der Waals surface area contributed by atoms with E-state index >= 15 is 0 Å². The van der Waals surface area contributed by atoms with Crippen molar-refractivity contribution in [3.8, 4) is 5.75 Å². The molecule has 132 valence electrons. The lowest BCUT2D eigenvalue weighted by atomic mass is 9.90. The first kappa shape index (κ1) is 21.7. The quantitative estimate of drug-likeness (QED) is 0.761. The summed E-state index contributed by atoms with van der Waals surface area (Å²) >= 11 is 0. The molecule has 0 radical (unpaired) electrons. The summed E-state index contributed by atoms with van der Waals surface area (Å²) in [7, 11) is 0. The first-order chi connectivity index (χ1) is 10.3. The fourth-order valence-electron chi connectivity index (χ4n) is 2.66. The van der Waals surface area contributed by atoms with Gasteiger partial charge in [0.05, 0.1) is 12.5 Å². The van der Waals surface area contributed by atoms with E-state index in [-0.39, 0.29) is 30.0 Å². The molecule has 0 saturated heterocycles. The van der Waals surface area contributed by atoms with Gasteiger partial charge in [-0.05, 0) is 39.2 Å². The number of halogens is 1. The predicted molar refractivity (Wildman–Crippen MR) is 98.2 cm³/mol. The van der Waals surface area contributed by atoms with Crippen LogP contribution in [0.3, 0.4) is 0 Å². The molecule has 0 aliphatic carbocycles. The van der Waals surface area contributed by atoms with E-state index in [9.17, 15) is 4.79 Å². The Morgan fingerprint density at radius 2 is 1.87 bits per heavy atom. The normalized spacial score (nSPS) is 13.4. The molecule has 1 aromatic carbocycles. The molecule has 1 amide bonds. The number of nitrogens with one attached hydrogen (secondary N) is 1. The van der Waals surface area contributed by atoms with Gasteiger partial charge in [-0.2, -0.15) is 0 Å². The van der Waals surface area contributed by atoms with Gasteiger partial charge in [-0.25, -0.2) is 0 Å². The highest BCUT2D eigenvalue weighted by molar-refractivity contribution is 5.85. The molecule has 1 unspecified atom stereocenters. The smallest absolute Gasteiger partial charge is 0.225 e. The summed E-state index contributed by atoms with van der Waals surface area (Å²) in [5.41, 5.74) is 6.39. The number of amides is 1. The van der Waals surface area contributed by atoms with E-state index < -0.39 is 0 Å². The molecule has 1 atom stereocenters. The molecule has 0 spiro atoms. The molecule has 5 heteroatoms. The highest BCUT2D eigenvalue weighted by atomic mass is 35.5. The number of ether oxygens (including phenoxy) is 1. The lowest BCUT2D eigenvalue weighted by Gasteiger charge is -2.31. The number of rotatable bonds is 8. The van der Waals surface area contributed by atoms with Crippen LogP contribution < -0.4 is 15.8 Å². The van der Waals surface area contributed by atoms with Crippen LogP contribution in [0, 0.1) is 5.92 Å². The third-order valence-electron chi connectivity index (χ3n) is 3.44. The van der Waals surface area contributed by atoms with E-state index in [0.29, 0.717) is 18.9 Å². The Balaban J connectivity index is 0.00000484. The molecule has 0 bridgehead atoms. The molecule has 1 aromatic rings. The Hall–Kier alpha value is -1.26. The third kappa shape index (κ3) is 7.71. The summed E-state index contributed by atoms with van der Waals surface area (Å²) in [4.78, 5) is 12.4. The molecule has 0 aromatic heterocycles. The van der Waals surface area contributed by atoms with E-state index in [0.717, 1.165) is 17.7 Å². The molecule has 0 heterocycles. The van der Waals surface area contributed by atoms with Crippen LogP contribution >= 0.6 is 12.4 Å². The van der Waals surface area contributed by atoms with Gasteiger partial charge in [-0.1, -0.05) is 32.0 Å². The van der Waals surface area contributed by atoms with Crippen LogP contribution in [0.2, 0.25) is 0 Å². The summed E-state index contributed by atoms with van der Waals surface area (Å²) in [6, 6.07) is 7.67. The monoisotopic (exact) mass is 342 g/mol. The molecule has 0 aliphatic heterocycles. The average Bonchev–Trinajstić information content (AvgIpc) is 2.39. The fraction of sp³-hybridized carbons (Fsp3) is 0.611. The second kappa shape index (κ2) is 9.78. The Labute approximate surface area is 146 Å². The van der Waals surface area contributed by atoms with Crippen molar-refractivity contribution in [2.24, 2.45) is 11.7 Å². The number of hydrogen-bond acceptors (Lipinski definition) is 3. The van der Waals surface area contributed by atoms with Crippen molar-refractivity contribution < 1.29 is 9.53 Å². The van der Waals surface area contributed by atoms with E-state index in [4.69, 9.17) is 10.5 Å². The number of carbonyl (C=O) groups is 1. The number of nitrogens with two attached hydrogens (primary N) is 1. The second-order valence-electron chi connectivity index (χ2n) is 6.86. The van der Waals surface area contributed by atoms with Crippen LogP contribution in [-0.4, -0.2) is 24.1 Å². The van der Waals surface area contributed by atoms with Gasteiger partial charge in [0.25, 0.3) is 0 Å². The summed E-state index contributed by atoms with van der Waals surface area (Å²) in [5.74, 6) is 1.23. The Morgan fingerprint density at radius 1 is 1.26 bits per heavy atom. The van der Waals surface area contributed by atoms with Crippen LogP contribution in [0.5, 0.6) is 5.75 Å². The molecule has 0 aliphatic rings. The molecule has 1 rings (SSSR count). The maximum Gasteiger partial charge on any atom is 0.225 e.